The van der Waals surface area contributed by atoms with Gasteiger partial charge in [-0.05, 0) is 36.7 Å². The van der Waals surface area contributed by atoms with Crippen LogP contribution in [0.1, 0.15) is 33.1 Å². The molecule has 1 saturated carbocycles. The Kier molecular flexibility index (Phi) is 2.46. The fourth-order valence-corrected chi connectivity index (χ4v) is 3.82. The number of aliphatic hydroxyl groups is 1. The zero-order valence-electron chi connectivity index (χ0n) is 11.0. The Labute approximate surface area is 108 Å². The molecule has 1 saturated heterocycles. The van der Waals surface area contributed by atoms with Crippen molar-refractivity contribution in [1.29, 1.82) is 0 Å². The Balaban J connectivity index is 1.99. The van der Waals surface area contributed by atoms with Gasteiger partial charge < -0.3 is 9.84 Å². The normalized spacial score (nSPS) is 47.2. The van der Waals surface area contributed by atoms with E-state index in [1.54, 1.807) is 0 Å². The number of fused-ring (bicyclic) bond motifs is 2. The van der Waals surface area contributed by atoms with Crippen LogP contribution >= 0.6 is 0 Å². The molecule has 3 heteroatoms. The molecule has 3 aliphatic rings. The van der Waals surface area contributed by atoms with E-state index in [1.807, 2.05) is 0 Å². The highest BCUT2D eigenvalue weighted by Crippen LogP contribution is 2.54. The number of ether oxygens (including phenoxy) is 1. The van der Waals surface area contributed by atoms with Gasteiger partial charge in [-0.25, -0.2) is 4.79 Å². The van der Waals surface area contributed by atoms with Crippen molar-refractivity contribution in [2.24, 2.45) is 17.3 Å². The summed E-state index contributed by atoms with van der Waals surface area (Å²) >= 11 is 0. The van der Waals surface area contributed by atoms with E-state index in [1.165, 1.54) is 5.57 Å². The van der Waals surface area contributed by atoms with E-state index in [0.717, 1.165) is 19.3 Å². The summed E-state index contributed by atoms with van der Waals surface area (Å²) in [5, 5.41) is 10.1. The molecule has 1 N–H and O–H groups in total. The van der Waals surface area contributed by atoms with Crippen LogP contribution in [0.4, 0.5) is 0 Å². The molecule has 2 fully saturated rings. The molecule has 0 aromatic heterocycles. The second-order valence-electron chi connectivity index (χ2n) is 6.21. The molecular formula is C15H20O3. The number of esters is 1. The largest absolute Gasteiger partial charge is 0.454 e. The molecule has 98 valence electrons. The first-order valence-electron chi connectivity index (χ1n) is 6.72. The van der Waals surface area contributed by atoms with Gasteiger partial charge in [-0.1, -0.05) is 26.0 Å². The molecule has 0 unspecified atom stereocenters. The molecule has 18 heavy (non-hydrogen) atoms. The minimum atomic E-state index is -0.253. The first-order chi connectivity index (χ1) is 8.43. The number of allylic oxidation sites excluding steroid dienone is 1. The van der Waals surface area contributed by atoms with Gasteiger partial charge in [-0.3, -0.25) is 0 Å². The Morgan fingerprint density at radius 2 is 2.28 bits per heavy atom. The molecule has 5 atom stereocenters. The van der Waals surface area contributed by atoms with Gasteiger partial charge in [0.15, 0.2) is 0 Å². The molecule has 2 aliphatic carbocycles. The fraction of sp³-hybridized carbons (Fsp3) is 0.667. The SMILES string of the molecule is C=C1C(=O)O[C@@H]2C=C3CC[C@H](O)[C@H](C)[C@@]3(C)C[C@H]12. The topological polar surface area (TPSA) is 46.5 Å². The highest BCUT2D eigenvalue weighted by molar-refractivity contribution is 5.91. The summed E-state index contributed by atoms with van der Waals surface area (Å²) in [6.45, 7) is 8.18. The van der Waals surface area contributed by atoms with Gasteiger partial charge >= 0.3 is 5.97 Å². The Bertz CT molecular complexity index is 451. The van der Waals surface area contributed by atoms with Crippen molar-refractivity contribution < 1.29 is 14.6 Å². The predicted octanol–water partition coefficient (Wildman–Crippen LogP) is 2.21. The van der Waals surface area contributed by atoms with Gasteiger partial charge in [-0.15, -0.1) is 0 Å². The Morgan fingerprint density at radius 3 is 3.00 bits per heavy atom. The highest BCUT2D eigenvalue weighted by atomic mass is 16.5. The molecular weight excluding hydrogens is 228 g/mol. The number of rotatable bonds is 0. The average Bonchev–Trinajstić information content (AvgIpc) is 2.60. The van der Waals surface area contributed by atoms with E-state index in [4.69, 9.17) is 4.74 Å². The van der Waals surface area contributed by atoms with Gasteiger partial charge in [-0.2, -0.15) is 0 Å². The third kappa shape index (κ3) is 1.43. The lowest BCUT2D eigenvalue weighted by molar-refractivity contribution is -0.137. The number of hydrogen-bond acceptors (Lipinski definition) is 3. The smallest absolute Gasteiger partial charge is 0.334 e. The quantitative estimate of drug-likeness (QED) is 0.406. The molecule has 0 radical (unpaired) electrons. The van der Waals surface area contributed by atoms with Crippen molar-refractivity contribution >= 4 is 5.97 Å². The maximum Gasteiger partial charge on any atom is 0.334 e. The monoisotopic (exact) mass is 248 g/mol. The number of carbonyl (C=O) groups is 1. The van der Waals surface area contributed by atoms with Gasteiger partial charge in [0.2, 0.25) is 0 Å². The summed E-state index contributed by atoms with van der Waals surface area (Å²) in [5.41, 5.74) is 1.93. The molecule has 0 amide bonds. The van der Waals surface area contributed by atoms with E-state index in [-0.39, 0.29) is 35.4 Å². The number of hydrogen-bond donors (Lipinski definition) is 1. The van der Waals surface area contributed by atoms with Crippen molar-refractivity contribution in [3.05, 3.63) is 23.8 Å². The van der Waals surface area contributed by atoms with Crippen LogP contribution in [-0.4, -0.2) is 23.3 Å². The lowest BCUT2D eigenvalue weighted by Gasteiger charge is -2.49. The second kappa shape index (κ2) is 3.70. The van der Waals surface area contributed by atoms with E-state index in [9.17, 15) is 9.90 Å². The molecule has 1 heterocycles. The van der Waals surface area contributed by atoms with E-state index in [2.05, 4.69) is 26.5 Å². The van der Waals surface area contributed by atoms with Crippen LogP contribution in [0.5, 0.6) is 0 Å². The van der Waals surface area contributed by atoms with Crippen LogP contribution in [0.3, 0.4) is 0 Å². The molecule has 0 aromatic carbocycles. The lowest BCUT2D eigenvalue weighted by atomic mass is 9.57. The minimum Gasteiger partial charge on any atom is -0.454 e. The average molecular weight is 248 g/mol. The van der Waals surface area contributed by atoms with E-state index in [0.29, 0.717) is 5.57 Å². The highest BCUT2D eigenvalue weighted by Gasteiger charge is 2.51. The third-order valence-corrected chi connectivity index (χ3v) is 5.38. The Hall–Kier alpha value is -1.09. The van der Waals surface area contributed by atoms with E-state index >= 15 is 0 Å². The molecule has 3 rings (SSSR count). The number of carbonyl (C=O) groups excluding carboxylic acids is 1. The summed E-state index contributed by atoms with van der Waals surface area (Å²) < 4.78 is 5.36. The first kappa shape index (κ1) is 12.0. The van der Waals surface area contributed by atoms with Crippen LogP contribution in [0.2, 0.25) is 0 Å². The zero-order chi connectivity index (χ0) is 13.1. The maximum atomic E-state index is 11.6. The molecule has 0 bridgehead atoms. The van der Waals surface area contributed by atoms with Crippen LogP contribution in [0.15, 0.2) is 23.8 Å². The summed E-state index contributed by atoms with van der Waals surface area (Å²) in [6.07, 6.45) is 4.36. The van der Waals surface area contributed by atoms with Crippen LogP contribution in [0.25, 0.3) is 0 Å². The Morgan fingerprint density at radius 1 is 1.56 bits per heavy atom. The first-order valence-corrected chi connectivity index (χ1v) is 6.72. The van der Waals surface area contributed by atoms with Crippen LogP contribution in [0, 0.1) is 17.3 Å². The fourth-order valence-electron chi connectivity index (χ4n) is 3.82. The summed E-state index contributed by atoms with van der Waals surface area (Å²) in [7, 11) is 0. The van der Waals surface area contributed by atoms with Crippen molar-refractivity contribution in [2.75, 3.05) is 0 Å². The summed E-state index contributed by atoms with van der Waals surface area (Å²) in [6, 6.07) is 0. The zero-order valence-corrected chi connectivity index (χ0v) is 11.0. The minimum absolute atomic E-state index is 0.0181. The van der Waals surface area contributed by atoms with Gasteiger partial charge in [0.25, 0.3) is 0 Å². The summed E-state index contributed by atoms with van der Waals surface area (Å²) in [5.74, 6) is 0.0678. The van der Waals surface area contributed by atoms with Gasteiger partial charge in [0.1, 0.15) is 6.10 Å². The number of aliphatic hydroxyl groups excluding tert-OH is 1. The van der Waals surface area contributed by atoms with E-state index < -0.39 is 0 Å². The molecule has 0 aromatic rings. The van der Waals surface area contributed by atoms with Gasteiger partial charge in [0.05, 0.1) is 6.10 Å². The summed E-state index contributed by atoms with van der Waals surface area (Å²) in [4.78, 5) is 11.6. The van der Waals surface area contributed by atoms with Crippen molar-refractivity contribution in [2.45, 2.75) is 45.3 Å². The van der Waals surface area contributed by atoms with Gasteiger partial charge in [0, 0.05) is 11.5 Å². The predicted molar refractivity (Wildman–Crippen MR) is 67.7 cm³/mol. The second-order valence-corrected chi connectivity index (χ2v) is 6.21. The van der Waals surface area contributed by atoms with Crippen molar-refractivity contribution in [3.63, 3.8) is 0 Å². The molecule has 3 nitrogen and oxygen atoms in total. The molecule has 0 spiro atoms. The molecule has 1 aliphatic heterocycles. The van der Waals surface area contributed by atoms with Crippen molar-refractivity contribution in [1.82, 2.24) is 0 Å². The third-order valence-electron chi connectivity index (χ3n) is 5.38. The lowest BCUT2D eigenvalue weighted by Crippen LogP contribution is -2.45. The van der Waals surface area contributed by atoms with Crippen molar-refractivity contribution in [3.8, 4) is 0 Å². The van der Waals surface area contributed by atoms with Crippen LogP contribution < -0.4 is 0 Å². The van der Waals surface area contributed by atoms with Crippen LogP contribution in [-0.2, 0) is 9.53 Å². The standard InChI is InChI=1S/C15H20O3/c1-8-11-7-15(3)9(2)12(16)5-4-10(15)6-13(11)18-14(8)17/h6,9,11-13,16H,1,4-5,7H2,2-3H3/t9-,11+,12-,13+,15+/m0/s1. The maximum absolute atomic E-state index is 11.6.